The van der Waals surface area contributed by atoms with E-state index in [1.54, 1.807) is 0 Å². The van der Waals surface area contributed by atoms with Crippen LogP contribution in [0.25, 0.3) is 0 Å². The predicted molar refractivity (Wildman–Crippen MR) is 182 cm³/mol. The molecule has 1 heterocycles. The zero-order valence-corrected chi connectivity index (χ0v) is 28.1. The minimum Gasteiger partial charge on any atom is -0.486 e. The van der Waals surface area contributed by atoms with Gasteiger partial charge in [0.25, 0.3) is 10.0 Å². The molecule has 0 fully saturated rings. The maximum Gasteiger partial charge on any atom is 0.264 e. The normalized spacial score (nSPS) is 13.1. The summed E-state index contributed by atoms with van der Waals surface area (Å²) in [5.41, 5.74) is 2.67. The highest BCUT2D eigenvalue weighted by Crippen LogP contribution is 2.34. The average Bonchev–Trinajstić information content (AvgIpc) is 3.08. The van der Waals surface area contributed by atoms with Crippen LogP contribution in [0.1, 0.15) is 30.5 Å². The van der Waals surface area contributed by atoms with Gasteiger partial charge in [-0.25, -0.2) is 12.8 Å². The molecule has 1 aliphatic rings. The molecule has 4 aromatic rings. The Balaban J connectivity index is 1.57. The molecule has 1 unspecified atom stereocenters. The Hall–Kier alpha value is -4.90. The average molecular weight is 674 g/mol. The predicted octanol–water partition coefficient (Wildman–Crippen LogP) is 5.51. The molecule has 0 aromatic heterocycles. The van der Waals surface area contributed by atoms with E-state index in [1.165, 1.54) is 35.2 Å². The van der Waals surface area contributed by atoms with Crippen molar-refractivity contribution in [3.8, 4) is 11.5 Å². The van der Waals surface area contributed by atoms with Crippen LogP contribution in [0.2, 0.25) is 0 Å². The third kappa shape index (κ3) is 8.51. The molecule has 0 radical (unpaired) electrons. The minimum absolute atomic E-state index is 0.0500. The number of carbonyl (C=O) groups excluding carboxylic acids is 2. The van der Waals surface area contributed by atoms with Gasteiger partial charge < -0.3 is 19.7 Å². The van der Waals surface area contributed by atoms with Crippen molar-refractivity contribution in [3.05, 3.63) is 120 Å². The van der Waals surface area contributed by atoms with Crippen LogP contribution in [0, 0.1) is 18.7 Å². The molecular weight excluding hydrogens is 633 g/mol. The molecule has 252 valence electrons. The van der Waals surface area contributed by atoms with Gasteiger partial charge >= 0.3 is 0 Å². The van der Waals surface area contributed by atoms with Crippen LogP contribution in [-0.2, 0) is 32.6 Å². The van der Waals surface area contributed by atoms with E-state index in [0.717, 1.165) is 33.1 Å². The minimum atomic E-state index is -4.41. The van der Waals surface area contributed by atoms with Crippen molar-refractivity contribution >= 4 is 27.5 Å². The molecule has 0 spiro atoms. The SMILES string of the molecule is Cc1cccc(CN(C(=O)CN(c2ccc(F)cc2)S(=O)(=O)c2ccc3c(c2)OCCO3)C(Cc2ccccc2)C(=O)NCC(C)C)c1. The van der Waals surface area contributed by atoms with E-state index in [4.69, 9.17) is 9.47 Å². The second-order valence-electron chi connectivity index (χ2n) is 12.1. The third-order valence-electron chi connectivity index (χ3n) is 7.89. The monoisotopic (exact) mass is 673 g/mol. The molecule has 0 saturated carbocycles. The maximum atomic E-state index is 14.6. The number of nitrogens with one attached hydrogen (secondary N) is 1. The van der Waals surface area contributed by atoms with Crippen LogP contribution < -0.4 is 19.1 Å². The highest BCUT2D eigenvalue weighted by atomic mass is 32.2. The molecule has 1 N–H and O–H groups in total. The van der Waals surface area contributed by atoms with Crippen molar-refractivity contribution < 1.29 is 31.9 Å². The summed E-state index contributed by atoms with van der Waals surface area (Å²) in [6, 6.07) is 25.1. The quantitative estimate of drug-likeness (QED) is 0.201. The number of carbonyl (C=O) groups is 2. The van der Waals surface area contributed by atoms with Crippen LogP contribution in [0.4, 0.5) is 10.1 Å². The molecule has 5 rings (SSSR count). The van der Waals surface area contributed by atoms with E-state index in [9.17, 15) is 22.4 Å². The van der Waals surface area contributed by atoms with E-state index < -0.39 is 34.3 Å². The van der Waals surface area contributed by atoms with E-state index in [2.05, 4.69) is 5.32 Å². The van der Waals surface area contributed by atoms with Gasteiger partial charge in [0.1, 0.15) is 31.6 Å². The summed E-state index contributed by atoms with van der Waals surface area (Å²) in [6.07, 6.45) is 0.202. The molecule has 4 aromatic carbocycles. The number of ether oxygens (including phenoxy) is 2. The van der Waals surface area contributed by atoms with Crippen LogP contribution in [0.15, 0.2) is 102 Å². The van der Waals surface area contributed by atoms with Crippen molar-refractivity contribution in [1.82, 2.24) is 10.2 Å². The lowest BCUT2D eigenvalue weighted by molar-refractivity contribution is -0.140. The van der Waals surface area contributed by atoms with Gasteiger partial charge in [-0.1, -0.05) is 74.0 Å². The van der Waals surface area contributed by atoms with Gasteiger partial charge in [-0.15, -0.1) is 0 Å². The number of nitrogens with zero attached hydrogens (tertiary/aromatic N) is 2. The van der Waals surface area contributed by atoms with Crippen molar-refractivity contribution in [1.29, 1.82) is 0 Å². The second-order valence-corrected chi connectivity index (χ2v) is 14.0. The summed E-state index contributed by atoms with van der Waals surface area (Å²) in [5.74, 6) is -0.687. The Bertz CT molecular complexity index is 1830. The number of benzene rings is 4. The number of halogens is 1. The molecule has 1 aliphatic heterocycles. The summed E-state index contributed by atoms with van der Waals surface area (Å²) in [7, 11) is -4.41. The maximum absolute atomic E-state index is 14.6. The summed E-state index contributed by atoms with van der Waals surface area (Å²) in [5, 5.41) is 2.98. The van der Waals surface area contributed by atoms with Gasteiger partial charge in [-0.05, 0) is 60.4 Å². The lowest BCUT2D eigenvalue weighted by Crippen LogP contribution is -2.53. The molecular formula is C37H40FN3O6S. The topological polar surface area (TPSA) is 105 Å². The molecule has 0 bridgehead atoms. The van der Waals surface area contributed by atoms with E-state index >= 15 is 0 Å². The van der Waals surface area contributed by atoms with Crippen LogP contribution in [-0.4, -0.2) is 57.5 Å². The number of rotatable bonds is 13. The molecule has 48 heavy (non-hydrogen) atoms. The van der Waals surface area contributed by atoms with Crippen LogP contribution in [0.5, 0.6) is 11.5 Å². The number of fused-ring (bicyclic) bond motifs is 1. The zero-order chi connectivity index (χ0) is 34.3. The first-order chi connectivity index (χ1) is 23.0. The standard InChI is InChI=1S/C37H40FN3O6S/c1-26(2)23-39-37(43)33(21-28-9-5-4-6-10-28)40(24-29-11-7-8-27(3)20-29)36(42)25-41(31-14-12-30(38)13-15-31)48(44,45)32-16-17-34-35(22-32)47-19-18-46-34/h4-17,20,22,26,33H,18-19,21,23-25H2,1-3H3,(H,39,43). The number of amides is 2. The Morgan fingerprint density at radius 1 is 0.854 bits per heavy atom. The lowest BCUT2D eigenvalue weighted by atomic mass is 10.0. The number of hydrogen-bond donors (Lipinski definition) is 1. The Morgan fingerprint density at radius 3 is 2.23 bits per heavy atom. The summed E-state index contributed by atoms with van der Waals surface area (Å²) in [6.45, 7) is 6.27. The first-order valence-corrected chi connectivity index (χ1v) is 17.3. The second kappa shape index (κ2) is 15.3. The van der Waals surface area contributed by atoms with Crippen LogP contribution >= 0.6 is 0 Å². The number of aryl methyl sites for hydroxylation is 1. The Labute approximate surface area is 281 Å². The number of sulfonamides is 1. The van der Waals surface area contributed by atoms with Gasteiger partial charge in [0.2, 0.25) is 11.8 Å². The molecule has 11 heteroatoms. The van der Waals surface area contributed by atoms with E-state index in [-0.39, 0.29) is 47.7 Å². The van der Waals surface area contributed by atoms with Gasteiger partial charge in [0.05, 0.1) is 10.6 Å². The Morgan fingerprint density at radius 2 is 1.54 bits per heavy atom. The molecule has 1 atom stereocenters. The highest BCUT2D eigenvalue weighted by Gasteiger charge is 2.35. The number of anilines is 1. The first kappa shape index (κ1) is 34.4. The zero-order valence-electron chi connectivity index (χ0n) is 27.3. The van der Waals surface area contributed by atoms with Crippen molar-refractivity contribution in [2.24, 2.45) is 5.92 Å². The lowest BCUT2D eigenvalue weighted by Gasteiger charge is -2.34. The van der Waals surface area contributed by atoms with Gasteiger partial charge in [-0.2, -0.15) is 0 Å². The highest BCUT2D eigenvalue weighted by molar-refractivity contribution is 7.92. The van der Waals surface area contributed by atoms with Crippen molar-refractivity contribution in [2.45, 2.75) is 44.7 Å². The van der Waals surface area contributed by atoms with Crippen LogP contribution in [0.3, 0.4) is 0 Å². The van der Waals surface area contributed by atoms with E-state index in [1.807, 2.05) is 75.4 Å². The fourth-order valence-electron chi connectivity index (χ4n) is 5.43. The summed E-state index contributed by atoms with van der Waals surface area (Å²) >= 11 is 0. The fraction of sp³-hybridized carbons (Fsp3) is 0.297. The largest absolute Gasteiger partial charge is 0.486 e. The molecule has 0 saturated heterocycles. The van der Waals surface area contributed by atoms with Crippen molar-refractivity contribution in [2.75, 3.05) is 30.6 Å². The smallest absolute Gasteiger partial charge is 0.264 e. The van der Waals surface area contributed by atoms with Gasteiger partial charge in [-0.3, -0.25) is 13.9 Å². The van der Waals surface area contributed by atoms with Gasteiger partial charge in [0, 0.05) is 25.6 Å². The Kier molecular flexibility index (Phi) is 11.0. The first-order valence-electron chi connectivity index (χ1n) is 15.9. The van der Waals surface area contributed by atoms with E-state index in [0.29, 0.717) is 18.9 Å². The summed E-state index contributed by atoms with van der Waals surface area (Å²) < 4.78 is 54.8. The number of hydrogen-bond acceptors (Lipinski definition) is 6. The summed E-state index contributed by atoms with van der Waals surface area (Å²) in [4.78, 5) is 29.8. The molecule has 2 amide bonds. The molecule has 9 nitrogen and oxygen atoms in total. The third-order valence-corrected chi connectivity index (χ3v) is 9.66. The van der Waals surface area contributed by atoms with Gasteiger partial charge in [0.15, 0.2) is 11.5 Å². The molecule has 0 aliphatic carbocycles. The fourth-order valence-corrected chi connectivity index (χ4v) is 6.86. The van der Waals surface area contributed by atoms with Crippen molar-refractivity contribution in [3.63, 3.8) is 0 Å².